The van der Waals surface area contributed by atoms with Gasteiger partial charge in [0, 0.05) is 6.54 Å². The van der Waals surface area contributed by atoms with E-state index in [0.29, 0.717) is 29.5 Å². The summed E-state index contributed by atoms with van der Waals surface area (Å²) in [7, 11) is 1.57. The van der Waals surface area contributed by atoms with E-state index >= 15 is 0 Å². The number of para-hydroxylation sites is 3. The fourth-order valence-corrected chi connectivity index (χ4v) is 4.92. The molecule has 1 saturated heterocycles. The zero-order valence-electron chi connectivity index (χ0n) is 18.9. The van der Waals surface area contributed by atoms with Crippen LogP contribution in [0.3, 0.4) is 0 Å². The van der Waals surface area contributed by atoms with Crippen molar-refractivity contribution in [3.63, 3.8) is 0 Å². The highest BCUT2D eigenvalue weighted by Gasteiger charge is 2.45. The molecule has 1 N–H and O–H groups in total. The van der Waals surface area contributed by atoms with E-state index in [1.807, 2.05) is 54.6 Å². The van der Waals surface area contributed by atoms with Gasteiger partial charge in [0.25, 0.3) is 5.91 Å². The Morgan fingerprint density at radius 1 is 1.03 bits per heavy atom. The Kier molecular flexibility index (Phi) is 7.90. The number of nitrogens with zero attached hydrogens (tertiary/aromatic N) is 2. The molecule has 6 nitrogen and oxygen atoms in total. The second kappa shape index (κ2) is 11.1. The highest BCUT2D eigenvalue weighted by atomic mass is 35.5. The van der Waals surface area contributed by atoms with E-state index < -0.39 is 11.9 Å². The molecule has 0 saturated carbocycles. The molecule has 0 radical (unpaired) electrons. The van der Waals surface area contributed by atoms with E-state index in [1.165, 1.54) is 0 Å². The van der Waals surface area contributed by atoms with Crippen LogP contribution in [0.2, 0.25) is 10.0 Å². The molecule has 4 rings (SSSR count). The van der Waals surface area contributed by atoms with E-state index in [9.17, 15) is 9.59 Å². The maximum absolute atomic E-state index is 13.6. The fraction of sp³-hybridized carbons (Fsp3) is 0.192. The minimum absolute atomic E-state index is 0.0527. The van der Waals surface area contributed by atoms with Crippen LogP contribution in [0.4, 0.5) is 11.4 Å². The third kappa shape index (κ3) is 5.42. The number of amides is 2. The summed E-state index contributed by atoms with van der Waals surface area (Å²) in [5.41, 5.74) is 1.94. The van der Waals surface area contributed by atoms with Gasteiger partial charge < -0.3 is 15.0 Å². The van der Waals surface area contributed by atoms with Crippen LogP contribution in [0, 0.1) is 0 Å². The standard InChI is InChI=1S/C26H23Cl2N3O3S/c1-34-22-13-6-5-12-20(22)29-26(35)30(15-14-17-8-3-2-4-9-17)21-16-23(32)31(25(21)33)24-18(27)10-7-11-19(24)28/h2-13,21H,14-16H2,1H3,(H,29,35)/t21-/m0/s1. The number of benzene rings is 3. The van der Waals surface area contributed by atoms with Gasteiger partial charge in [-0.25, -0.2) is 4.90 Å². The SMILES string of the molecule is COc1ccccc1NC(=S)N(CCc1ccccc1)[C@H]1CC(=O)N(c2c(Cl)cccc2Cl)C1=O. The number of hydrogen-bond acceptors (Lipinski definition) is 4. The molecule has 1 aliphatic heterocycles. The summed E-state index contributed by atoms with van der Waals surface area (Å²) in [6.07, 6.45) is 0.572. The Bertz CT molecular complexity index is 1240. The predicted molar refractivity (Wildman–Crippen MR) is 143 cm³/mol. The van der Waals surface area contributed by atoms with Gasteiger partial charge in [-0.2, -0.15) is 0 Å². The average Bonchev–Trinajstić information content (AvgIpc) is 3.14. The van der Waals surface area contributed by atoms with Gasteiger partial charge in [0.15, 0.2) is 5.11 Å². The first-order chi connectivity index (χ1) is 16.9. The first-order valence-electron chi connectivity index (χ1n) is 11.0. The van der Waals surface area contributed by atoms with Crippen LogP contribution in [0.5, 0.6) is 5.75 Å². The molecule has 0 aromatic heterocycles. The van der Waals surface area contributed by atoms with Crippen molar-refractivity contribution >= 4 is 63.7 Å². The number of methoxy groups -OCH3 is 1. The van der Waals surface area contributed by atoms with Crippen LogP contribution in [0.25, 0.3) is 0 Å². The molecule has 1 fully saturated rings. The van der Waals surface area contributed by atoms with E-state index in [0.717, 1.165) is 10.5 Å². The lowest BCUT2D eigenvalue weighted by Gasteiger charge is -2.30. The van der Waals surface area contributed by atoms with Crippen LogP contribution < -0.4 is 15.0 Å². The Hall–Kier alpha value is -3.13. The summed E-state index contributed by atoms with van der Waals surface area (Å²) in [4.78, 5) is 29.4. The fourth-order valence-electron chi connectivity index (χ4n) is 4.03. The first-order valence-corrected chi connectivity index (χ1v) is 12.1. The molecule has 180 valence electrons. The van der Waals surface area contributed by atoms with E-state index in [1.54, 1.807) is 30.2 Å². The second-order valence-electron chi connectivity index (χ2n) is 7.92. The van der Waals surface area contributed by atoms with Crippen molar-refractivity contribution in [1.82, 2.24) is 4.90 Å². The lowest BCUT2D eigenvalue weighted by molar-refractivity contribution is -0.122. The predicted octanol–water partition coefficient (Wildman–Crippen LogP) is 5.58. The van der Waals surface area contributed by atoms with Gasteiger partial charge in [0.05, 0.1) is 35.0 Å². The molecule has 3 aromatic carbocycles. The highest BCUT2D eigenvalue weighted by molar-refractivity contribution is 7.80. The first kappa shape index (κ1) is 25.0. The molecule has 0 unspecified atom stereocenters. The van der Waals surface area contributed by atoms with Crippen molar-refractivity contribution in [1.29, 1.82) is 0 Å². The molecule has 1 aliphatic rings. The van der Waals surface area contributed by atoms with Gasteiger partial charge in [0.2, 0.25) is 5.91 Å². The van der Waals surface area contributed by atoms with Crippen molar-refractivity contribution < 1.29 is 14.3 Å². The molecule has 0 aliphatic carbocycles. The zero-order valence-corrected chi connectivity index (χ0v) is 21.2. The molecule has 0 spiro atoms. The second-order valence-corrected chi connectivity index (χ2v) is 9.12. The smallest absolute Gasteiger partial charge is 0.257 e. The molecule has 2 amide bonds. The average molecular weight is 528 g/mol. The number of carbonyl (C=O) groups is 2. The minimum Gasteiger partial charge on any atom is -0.495 e. The molecular formula is C26H23Cl2N3O3S. The number of hydrogen-bond donors (Lipinski definition) is 1. The molecular weight excluding hydrogens is 505 g/mol. The highest BCUT2D eigenvalue weighted by Crippen LogP contribution is 2.37. The molecule has 3 aromatic rings. The molecule has 1 heterocycles. The normalized spacial score (nSPS) is 15.3. The van der Waals surface area contributed by atoms with Crippen LogP contribution in [0.1, 0.15) is 12.0 Å². The van der Waals surface area contributed by atoms with Gasteiger partial charge in [-0.15, -0.1) is 0 Å². The van der Waals surface area contributed by atoms with E-state index in [-0.39, 0.29) is 28.1 Å². The summed E-state index contributed by atoms with van der Waals surface area (Å²) in [5.74, 6) is -0.210. The number of halogens is 2. The maximum Gasteiger partial charge on any atom is 0.257 e. The van der Waals surface area contributed by atoms with Crippen molar-refractivity contribution in [3.8, 4) is 5.75 Å². The number of anilines is 2. The van der Waals surface area contributed by atoms with Gasteiger partial charge in [-0.05, 0) is 48.5 Å². The third-order valence-electron chi connectivity index (χ3n) is 5.75. The Labute approximate surface area is 219 Å². The number of imide groups is 1. The Balaban J connectivity index is 1.64. The van der Waals surface area contributed by atoms with Crippen LogP contribution in [-0.4, -0.2) is 41.5 Å². The van der Waals surface area contributed by atoms with Crippen molar-refractivity contribution in [3.05, 3.63) is 88.4 Å². The number of rotatable bonds is 7. The monoisotopic (exact) mass is 527 g/mol. The Morgan fingerprint density at radius 2 is 1.69 bits per heavy atom. The summed E-state index contributed by atoms with van der Waals surface area (Å²) < 4.78 is 5.42. The van der Waals surface area contributed by atoms with Gasteiger partial charge in [0.1, 0.15) is 11.8 Å². The van der Waals surface area contributed by atoms with Gasteiger partial charge >= 0.3 is 0 Å². The van der Waals surface area contributed by atoms with Gasteiger partial charge in [-0.3, -0.25) is 9.59 Å². The van der Waals surface area contributed by atoms with Crippen molar-refractivity contribution in [2.24, 2.45) is 0 Å². The number of carbonyl (C=O) groups excluding carboxylic acids is 2. The topological polar surface area (TPSA) is 61.9 Å². The molecule has 0 bridgehead atoms. The third-order valence-corrected chi connectivity index (χ3v) is 6.70. The largest absolute Gasteiger partial charge is 0.495 e. The van der Waals surface area contributed by atoms with Crippen LogP contribution in [-0.2, 0) is 16.0 Å². The van der Waals surface area contributed by atoms with Crippen LogP contribution >= 0.6 is 35.4 Å². The van der Waals surface area contributed by atoms with E-state index in [2.05, 4.69) is 5.32 Å². The van der Waals surface area contributed by atoms with Crippen LogP contribution in [0.15, 0.2) is 72.8 Å². The zero-order chi connectivity index (χ0) is 24.9. The van der Waals surface area contributed by atoms with Crippen molar-refractivity contribution in [2.45, 2.75) is 18.9 Å². The molecule has 9 heteroatoms. The van der Waals surface area contributed by atoms with Crippen molar-refractivity contribution in [2.75, 3.05) is 23.9 Å². The number of nitrogens with one attached hydrogen (secondary N) is 1. The summed E-state index contributed by atoms with van der Waals surface area (Å²) in [5, 5.41) is 3.95. The summed E-state index contributed by atoms with van der Waals surface area (Å²) in [6.45, 7) is 0.415. The summed E-state index contributed by atoms with van der Waals surface area (Å²) >= 11 is 18.4. The maximum atomic E-state index is 13.6. The lowest BCUT2D eigenvalue weighted by atomic mass is 10.1. The molecule has 35 heavy (non-hydrogen) atoms. The van der Waals surface area contributed by atoms with Gasteiger partial charge in [-0.1, -0.05) is 71.7 Å². The van der Waals surface area contributed by atoms with E-state index in [4.69, 9.17) is 40.2 Å². The number of thiocarbonyl (C=S) groups is 1. The lowest BCUT2D eigenvalue weighted by Crippen LogP contribution is -2.48. The quantitative estimate of drug-likeness (QED) is 0.320. The Morgan fingerprint density at radius 3 is 2.37 bits per heavy atom. The molecule has 1 atom stereocenters. The minimum atomic E-state index is -0.812. The number of ether oxygens (including phenoxy) is 1. The summed E-state index contributed by atoms with van der Waals surface area (Å²) in [6, 6.07) is 21.3.